The van der Waals surface area contributed by atoms with Crippen LogP contribution >= 0.6 is 0 Å². The van der Waals surface area contributed by atoms with Crippen molar-refractivity contribution < 1.29 is 19.1 Å². The molecule has 7 heteroatoms. The van der Waals surface area contributed by atoms with Crippen molar-refractivity contribution in [2.24, 2.45) is 5.41 Å². The number of hydrogen-bond donors (Lipinski definition) is 1. The van der Waals surface area contributed by atoms with E-state index in [1.165, 1.54) is 5.56 Å². The first-order valence-electron chi connectivity index (χ1n) is 12.9. The van der Waals surface area contributed by atoms with E-state index in [1.54, 1.807) is 6.92 Å². The van der Waals surface area contributed by atoms with Gasteiger partial charge in [-0.2, -0.15) is 0 Å². The van der Waals surface area contributed by atoms with Crippen LogP contribution in [-0.2, 0) is 16.1 Å². The van der Waals surface area contributed by atoms with Crippen LogP contribution in [-0.4, -0.2) is 79.4 Å². The Morgan fingerprint density at radius 1 is 1.11 bits per heavy atom. The minimum Gasteiger partial charge on any atom is -0.486 e. The molecule has 1 aromatic carbocycles. The lowest BCUT2D eigenvalue weighted by molar-refractivity contribution is -0.143. The maximum atomic E-state index is 13.1. The molecule has 4 aliphatic rings. The molecule has 35 heavy (non-hydrogen) atoms. The zero-order valence-electron chi connectivity index (χ0n) is 21.0. The Morgan fingerprint density at radius 3 is 2.63 bits per heavy atom. The van der Waals surface area contributed by atoms with Crippen LogP contribution in [0.3, 0.4) is 0 Å². The summed E-state index contributed by atoms with van der Waals surface area (Å²) in [6.07, 6.45) is 3.67. The number of Topliss-reactive ketones (excluding diaryl/α,β-unsaturated/α-hetero) is 2. The molecule has 0 amide bonds. The molecule has 5 rings (SSSR count). The summed E-state index contributed by atoms with van der Waals surface area (Å²) < 4.78 is 11.4. The monoisotopic (exact) mass is 479 g/mol. The lowest BCUT2D eigenvalue weighted by Crippen LogP contribution is -2.70. The van der Waals surface area contributed by atoms with Gasteiger partial charge in [0.05, 0.1) is 5.41 Å². The van der Waals surface area contributed by atoms with E-state index in [-0.39, 0.29) is 23.1 Å². The standard InChI is InChI=1S/C28H37N3O4/c1-3-4-9-28(17-22(32)6-8-26(28)33)25-19-30(2)27(20-29-25)10-12-31(13-11-27)18-21-5-7-23-24(16-21)35-15-14-34-23/h5,7,16,25,29H,6,8-15,17-20H2,1-2H3. The Kier molecular flexibility index (Phi) is 6.89. The van der Waals surface area contributed by atoms with Crippen LogP contribution in [0.15, 0.2) is 18.2 Å². The van der Waals surface area contributed by atoms with Crippen LogP contribution < -0.4 is 14.8 Å². The second-order valence-electron chi connectivity index (χ2n) is 10.7. The van der Waals surface area contributed by atoms with Crippen molar-refractivity contribution in [3.63, 3.8) is 0 Å². The summed E-state index contributed by atoms with van der Waals surface area (Å²) in [6.45, 7) is 7.58. The van der Waals surface area contributed by atoms with Gasteiger partial charge >= 0.3 is 0 Å². The van der Waals surface area contributed by atoms with Gasteiger partial charge in [0.1, 0.15) is 24.8 Å². The van der Waals surface area contributed by atoms with Gasteiger partial charge in [-0.3, -0.25) is 19.4 Å². The molecular weight excluding hydrogens is 442 g/mol. The number of rotatable bonds is 4. The minimum absolute atomic E-state index is 0.0357. The first-order valence-corrected chi connectivity index (χ1v) is 12.9. The molecule has 3 heterocycles. The maximum Gasteiger partial charge on any atom is 0.161 e. The number of likely N-dealkylation sites (N-methyl/N-ethyl adjacent to an activating group) is 1. The van der Waals surface area contributed by atoms with Crippen molar-refractivity contribution in [3.05, 3.63) is 23.8 Å². The highest BCUT2D eigenvalue weighted by Gasteiger charge is 2.52. The topological polar surface area (TPSA) is 71.1 Å². The van der Waals surface area contributed by atoms with Crippen molar-refractivity contribution in [1.29, 1.82) is 0 Å². The molecule has 2 saturated heterocycles. The van der Waals surface area contributed by atoms with E-state index in [1.807, 2.05) is 6.07 Å². The van der Waals surface area contributed by atoms with Crippen LogP contribution in [0.2, 0.25) is 0 Å². The number of hydrogen-bond acceptors (Lipinski definition) is 7. The summed E-state index contributed by atoms with van der Waals surface area (Å²) in [5.74, 6) is 8.17. The summed E-state index contributed by atoms with van der Waals surface area (Å²) in [6, 6.07) is 6.23. The fraction of sp³-hybridized carbons (Fsp3) is 0.643. The molecule has 1 saturated carbocycles. The number of nitrogens with one attached hydrogen (secondary N) is 1. The number of carbonyl (C=O) groups is 2. The number of ketones is 2. The number of nitrogens with zero attached hydrogens (tertiary/aromatic N) is 2. The van der Waals surface area contributed by atoms with E-state index in [0.29, 0.717) is 38.9 Å². The number of fused-ring (bicyclic) bond motifs is 1. The molecule has 7 nitrogen and oxygen atoms in total. The molecular formula is C28H37N3O4. The third-order valence-corrected chi connectivity index (χ3v) is 8.69. The summed E-state index contributed by atoms with van der Waals surface area (Å²) in [7, 11) is 2.19. The molecule has 1 N–H and O–H groups in total. The second kappa shape index (κ2) is 9.93. The Labute approximate surface area is 208 Å². The highest BCUT2D eigenvalue weighted by Crippen LogP contribution is 2.42. The summed E-state index contributed by atoms with van der Waals surface area (Å²) >= 11 is 0. The first kappa shape index (κ1) is 24.3. The predicted molar refractivity (Wildman–Crippen MR) is 133 cm³/mol. The van der Waals surface area contributed by atoms with Gasteiger partial charge in [-0.25, -0.2) is 0 Å². The van der Waals surface area contributed by atoms with E-state index in [0.717, 1.165) is 57.1 Å². The van der Waals surface area contributed by atoms with Gasteiger partial charge in [-0.1, -0.05) is 6.07 Å². The lowest BCUT2D eigenvalue weighted by atomic mass is 9.64. The van der Waals surface area contributed by atoms with Gasteiger partial charge < -0.3 is 14.8 Å². The average Bonchev–Trinajstić information content (AvgIpc) is 2.87. The molecule has 2 unspecified atom stereocenters. The number of ether oxygens (including phenoxy) is 2. The van der Waals surface area contributed by atoms with Crippen LogP contribution in [0.25, 0.3) is 0 Å². The molecule has 1 aromatic rings. The van der Waals surface area contributed by atoms with Gasteiger partial charge in [0.15, 0.2) is 11.5 Å². The van der Waals surface area contributed by atoms with Gasteiger partial charge in [-0.15, -0.1) is 11.8 Å². The zero-order valence-corrected chi connectivity index (χ0v) is 21.0. The highest BCUT2D eigenvalue weighted by molar-refractivity contribution is 5.98. The van der Waals surface area contributed by atoms with Crippen molar-refractivity contribution in [2.75, 3.05) is 46.4 Å². The van der Waals surface area contributed by atoms with E-state index in [2.05, 4.69) is 46.1 Å². The Hall–Kier alpha value is -2.40. The zero-order chi connectivity index (χ0) is 24.5. The molecule has 0 radical (unpaired) electrons. The van der Waals surface area contributed by atoms with Crippen molar-refractivity contribution in [3.8, 4) is 23.3 Å². The largest absolute Gasteiger partial charge is 0.486 e. The number of carbonyl (C=O) groups excluding carboxylic acids is 2. The molecule has 1 aliphatic carbocycles. The van der Waals surface area contributed by atoms with Crippen molar-refractivity contribution in [2.45, 2.75) is 63.6 Å². The molecule has 2 atom stereocenters. The van der Waals surface area contributed by atoms with Crippen LogP contribution in [0.4, 0.5) is 0 Å². The quantitative estimate of drug-likeness (QED) is 0.665. The summed E-state index contributed by atoms with van der Waals surface area (Å²) in [4.78, 5) is 30.5. The van der Waals surface area contributed by atoms with E-state index < -0.39 is 5.41 Å². The maximum absolute atomic E-state index is 13.1. The smallest absolute Gasteiger partial charge is 0.161 e. The van der Waals surface area contributed by atoms with E-state index in [4.69, 9.17) is 9.47 Å². The summed E-state index contributed by atoms with van der Waals surface area (Å²) in [5.41, 5.74) is 0.645. The van der Waals surface area contributed by atoms with Crippen LogP contribution in [0.1, 0.15) is 51.0 Å². The summed E-state index contributed by atoms with van der Waals surface area (Å²) in [5, 5.41) is 3.75. The molecule has 0 aromatic heterocycles. The van der Waals surface area contributed by atoms with Crippen LogP contribution in [0, 0.1) is 17.3 Å². The fourth-order valence-corrected chi connectivity index (χ4v) is 6.37. The fourth-order valence-electron chi connectivity index (χ4n) is 6.37. The van der Waals surface area contributed by atoms with E-state index in [9.17, 15) is 9.59 Å². The average molecular weight is 480 g/mol. The minimum atomic E-state index is -0.687. The van der Waals surface area contributed by atoms with Crippen molar-refractivity contribution >= 4 is 11.6 Å². The Balaban J connectivity index is 1.22. The third-order valence-electron chi connectivity index (χ3n) is 8.69. The Morgan fingerprint density at radius 2 is 1.89 bits per heavy atom. The van der Waals surface area contributed by atoms with Gasteiger partial charge in [0.25, 0.3) is 0 Å². The van der Waals surface area contributed by atoms with Gasteiger partial charge in [0.2, 0.25) is 0 Å². The first-order chi connectivity index (χ1) is 16.9. The van der Waals surface area contributed by atoms with E-state index >= 15 is 0 Å². The number of likely N-dealkylation sites (tertiary alicyclic amines) is 1. The second-order valence-corrected chi connectivity index (χ2v) is 10.7. The lowest BCUT2D eigenvalue weighted by Gasteiger charge is -2.55. The third kappa shape index (κ3) is 4.72. The normalized spacial score (nSPS) is 29.0. The van der Waals surface area contributed by atoms with Crippen molar-refractivity contribution in [1.82, 2.24) is 15.1 Å². The highest BCUT2D eigenvalue weighted by atomic mass is 16.6. The molecule has 3 fully saturated rings. The van der Waals surface area contributed by atoms with Crippen LogP contribution in [0.5, 0.6) is 11.5 Å². The SMILES string of the molecule is CC#CCC1(C2CN(C)C3(CCN(Cc4ccc5c(c4)OCCO5)CC3)CN2)CC(=O)CCC1=O. The number of piperidine rings is 1. The molecule has 3 aliphatic heterocycles. The number of piperazine rings is 1. The molecule has 0 bridgehead atoms. The predicted octanol–water partition coefficient (Wildman–Crippen LogP) is 2.42. The Bertz CT molecular complexity index is 1040. The van der Waals surface area contributed by atoms with Gasteiger partial charge in [-0.05, 0) is 44.5 Å². The molecule has 1 spiro atoms. The van der Waals surface area contributed by atoms with Gasteiger partial charge in [0, 0.05) is 70.0 Å². The number of benzene rings is 1. The molecule has 188 valence electrons.